The summed E-state index contributed by atoms with van der Waals surface area (Å²) in [6, 6.07) is 0. The van der Waals surface area contributed by atoms with Gasteiger partial charge in [-0.05, 0) is 104 Å². The third-order valence-corrected chi connectivity index (χ3v) is 10.3. The predicted molar refractivity (Wildman–Crippen MR) is 117 cm³/mol. The van der Waals surface area contributed by atoms with Crippen molar-refractivity contribution in [3.8, 4) is 0 Å². The number of amides is 1. The lowest BCUT2D eigenvalue weighted by atomic mass is 9.44. The van der Waals surface area contributed by atoms with Crippen molar-refractivity contribution in [2.24, 2.45) is 46.3 Å². The van der Waals surface area contributed by atoms with E-state index in [9.17, 15) is 4.79 Å². The maximum Gasteiger partial charge on any atom is 0.245 e. The molecule has 0 aliphatic heterocycles. The van der Waals surface area contributed by atoms with Gasteiger partial charge in [0.05, 0.1) is 0 Å². The molecular weight excluding hydrogens is 342 g/mol. The number of carbonyl (C=O) groups is 1. The van der Waals surface area contributed by atoms with E-state index in [2.05, 4.69) is 26.8 Å². The molecule has 2 nitrogen and oxygen atoms in total. The van der Waals surface area contributed by atoms with E-state index in [4.69, 9.17) is 0 Å². The Morgan fingerprint density at radius 3 is 2.43 bits per heavy atom. The van der Waals surface area contributed by atoms with Crippen molar-refractivity contribution in [1.29, 1.82) is 0 Å². The maximum absolute atomic E-state index is 12.0. The van der Waals surface area contributed by atoms with E-state index in [1.807, 2.05) is 20.2 Å². The molecule has 0 saturated heterocycles. The Labute approximate surface area is 173 Å². The lowest BCUT2D eigenvalue weighted by Gasteiger charge is -2.60. The summed E-state index contributed by atoms with van der Waals surface area (Å²) in [5.41, 5.74) is 1.13. The fourth-order valence-corrected chi connectivity index (χ4v) is 8.72. The van der Waals surface area contributed by atoms with Crippen LogP contribution in [-0.2, 0) is 4.79 Å². The molecule has 2 heteroatoms. The molecule has 0 radical (unpaired) electrons. The van der Waals surface area contributed by atoms with E-state index < -0.39 is 0 Å². The minimum absolute atomic E-state index is 0.124. The van der Waals surface area contributed by atoms with Gasteiger partial charge < -0.3 is 4.90 Å². The molecular formula is C26H43NO. The molecule has 0 aromatic carbocycles. The van der Waals surface area contributed by atoms with Crippen molar-refractivity contribution in [3.05, 3.63) is 12.2 Å². The fraction of sp³-hybridized carbons (Fsp3) is 0.885. The van der Waals surface area contributed by atoms with E-state index in [1.54, 1.807) is 4.90 Å². The van der Waals surface area contributed by atoms with E-state index in [1.165, 1.54) is 64.2 Å². The Hall–Kier alpha value is -0.790. The van der Waals surface area contributed by atoms with Crippen molar-refractivity contribution < 1.29 is 4.79 Å². The molecule has 4 rings (SSSR count). The van der Waals surface area contributed by atoms with Gasteiger partial charge in [-0.1, -0.05) is 39.7 Å². The molecule has 0 bridgehead atoms. The van der Waals surface area contributed by atoms with Crippen LogP contribution in [0.4, 0.5) is 0 Å². The number of hydrogen-bond acceptors (Lipinski definition) is 1. The highest BCUT2D eigenvalue weighted by atomic mass is 16.2. The third kappa shape index (κ3) is 3.18. The molecule has 0 aromatic heterocycles. The molecule has 1 unspecified atom stereocenters. The second-order valence-corrected chi connectivity index (χ2v) is 11.6. The minimum atomic E-state index is 0.124. The fourth-order valence-electron chi connectivity index (χ4n) is 8.72. The number of fused-ring (bicyclic) bond motifs is 5. The average Bonchev–Trinajstić information content (AvgIpc) is 3.02. The molecule has 28 heavy (non-hydrogen) atoms. The van der Waals surface area contributed by atoms with Gasteiger partial charge in [0.15, 0.2) is 0 Å². The zero-order valence-electron chi connectivity index (χ0n) is 19.0. The smallest absolute Gasteiger partial charge is 0.245 e. The summed E-state index contributed by atoms with van der Waals surface area (Å²) in [5, 5.41) is 0. The van der Waals surface area contributed by atoms with Gasteiger partial charge in [0.25, 0.3) is 0 Å². The van der Waals surface area contributed by atoms with Gasteiger partial charge in [-0.25, -0.2) is 0 Å². The normalized spacial score (nSPS) is 46.5. The van der Waals surface area contributed by atoms with Crippen LogP contribution in [0.15, 0.2) is 12.2 Å². The van der Waals surface area contributed by atoms with Crippen LogP contribution in [0, 0.1) is 46.3 Å². The first kappa shape index (κ1) is 20.5. The van der Waals surface area contributed by atoms with Crippen LogP contribution < -0.4 is 0 Å². The number of rotatable bonds is 3. The van der Waals surface area contributed by atoms with Gasteiger partial charge in [-0.15, -0.1) is 0 Å². The molecule has 158 valence electrons. The van der Waals surface area contributed by atoms with Crippen LogP contribution in [-0.4, -0.2) is 24.9 Å². The topological polar surface area (TPSA) is 20.3 Å². The summed E-state index contributed by atoms with van der Waals surface area (Å²) < 4.78 is 0. The number of nitrogens with zero attached hydrogens (tertiary/aromatic N) is 1. The molecule has 0 aromatic rings. The summed E-state index contributed by atoms with van der Waals surface area (Å²) in [4.78, 5) is 13.7. The van der Waals surface area contributed by atoms with Crippen LogP contribution in [0.3, 0.4) is 0 Å². The molecule has 4 saturated carbocycles. The van der Waals surface area contributed by atoms with Gasteiger partial charge in [0, 0.05) is 14.1 Å². The zero-order valence-corrected chi connectivity index (χ0v) is 19.0. The molecule has 0 spiro atoms. The van der Waals surface area contributed by atoms with Gasteiger partial charge >= 0.3 is 0 Å². The summed E-state index contributed by atoms with van der Waals surface area (Å²) >= 11 is 0. The highest BCUT2D eigenvalue weighted by molar-refractivity contribution is 5.87. The first-order valence-electron chi connectivity index (χ1n) is 12.2. The van der Waals surface area contributed by atoms with Gasteiger partial charge in [-0.3, -0.25) is 4.79 Å². The van der Waals surface area contributed by atoms with Crippen molar-refractivity contribution >= 4 is 5.91 Å². The van der Waals surface area contributed by atoms with Crippen LogP contribution in [0.2, 0.25) is 0 Å². The van der Waals surface area contributed by atoms with Crippen LogP contribution in [0.1, 0.15) is 85.0 Å². The van der Waals surface area contributed by atoms with E-state index in [-0.39, 0.29) is 5.91 Å². The predicted octanol–water partition coefficient (Wildman–Crippen LogP) is 6.32. The quantitative estimate of drug-likeness (QED) is 0.521. The van der Waals surface area contributed by atoms with Crippen molar-refractivity contribution in [1.82, 2.24) is 4.90 Å². The van der Waals surface area contributed by atoms with Crippen molar-refractivity contribution in [2.45, 2.75) is 85.0 Å². The molecule has 0 N–H and O–H groups in total. The highest BCUT2D eigenvalue weighted by Gasteiger charge is 2.59. The van der Waals surface area contributed by atoms with E-state index >= 15 is 0 Å². The third-order valence-electron chi connectivity index (χ3n) is 10.3. The summed E-state index contributed by atoms with van der Waals surface area (Å²) in [6.45, 7) is 7.67. The van der Waals surface area contributed by atoms with Crippen LogP contribution in [0.5, 0.6) is 0 Å². The SMILES string of the molecule is C[C@H](C=CC(=O)N(C)C)[C@H]1CC[C@H]2[C@@H]3CCC4CCCC[C@]4(C)[C@H]3CC[C@]12C. The average molecular weight is 386 g/mol. The van der Waals surface area contributed by atoms with Gasteiger partial charge in [0.1, 0.15) is 0 Å². The zero-order chi connectivity index (χ0) is 20.1. The second kappa shape index (κ2) is 7.47. The van der Waals surface area contributed by atoms with Gasteiger partial charge in [0.2, 0.25) is 5.91 Å². The first-order valence-corrected chi connectivity index (χ1v) is 12.2. The number of carbonyl (C=O) groups excluding carboxylic acids is 1. The first-order chi connectivity index (χ1) is 13.3. The maximum atomic E-state index is 12.0. The highest BCUT2D eigenvalue weighted by Crippen LogP contribution is 2.68. The largest absolute Gasteiger partial charge is 0.345 e. The lowest BCUT2D eigenvalue weighted by molar-refractivity contribution is -0.123. The summed E-state index contributed by atoms with van der Waals surface area (Å²) in [7, 11) is 3.68. The summed E-state index contributed by atoms with van der Waals surface area (Å²) in [6.07, 6.45) is 18.7. The second-order valence-electron chi connectivity index (χ2n) is 11.6. The number of hydrogen-bond donors (Lipinski definition) is 0. The lowest BCUT2D eigenvalue weighted by Crippen LogP contribution is -2.53. The standard InChI is InChI=1S/C26H43NO/c1-18(9-14-24(28)27(4)5)21-12-13-22-20-11-10-19-8-6-7-16-25(19,2)23(20)15-17-26(21,22)3/h9,14,18-23H,6-8,10-13,15-17H2,1-5H3/t18-,19?,20+,21-,22+,23+,25+,26-/m1/s1. The number of allylic oxidation sites excluding steroid dienone is 1. The van der Waals surface area contributed by atoms with Crippen molar-refractivity contribution in [3.63, 3.8) is 0 Å². The van der Waals surface area contributed by atoms with E-state index in [0.29, 0.717) is 16.7 Å². The van der Waals surface area contributed by atoms with Gasteiger partial charge in [-0.2, -0.15) is 0 Å². The molecule has 8 atom stereocenters. The Morgan fingerprint density at radius 2 is 1.68 bits per heavy atom. The van der Waals surface area contributed by atoms with Crippen molar-refractivity contribution in [2.75, 3.05) is 14.1 Å². The molecule has 4 aliphatic rings. The molecule has 4 aliphatic carbocycles. The Balaban J connectivity index is 1.51. The Morgan fingerprint density at radius 1 is 0.929 bits per heavy atom. The Bertz CT molecular complexity index is 624. The van der Waals surface area contributed by atoms with E-state index in [0.717, 1.165) is 29.6 Å². The molecule has 1 amide bonds. The molecule has 4 fully saturated rings. The van der Waals surface area contributed by atoms with Crippen LogP contribution >= 0.6 is 0 Å². The summed E-state index contributed by atoms with van der Waals surface area (Å²) in [5.74, 6) is 5.30. The monoisotopic (exact) mass is 385 g/mol. The Kier molecular flexibility index (Phi) is 5.47. The van der Waals surface area contributed by atoms with Crippen LogP contribution in [0.25, 0.3) is 0 Å². The molecule has 0 heterocycles. The minimum Gasteiger partial charge on any atom is -0.345 e. The number of likely N-dealkylation sites (N-methyl/N-ethyl adjacent to an activating group) is 1.